The normalized spacial score (nSPS) is 9.38. The van der Waals surface area contributed by atoms with E-state index in [-0.39, 0.29) is 11.5 Å². The maximum atomic E-state index is 9.13. The largest absolute Gasteiger partial charge is 0.508 e. The predicted octanol–water partition coefficient (Wildman–Crippen LogP) is 5.47. The van der Waals surface area contributed by atoms with Gasteiger partial charge in [0.2, 0.25) is 0 Å². The van der Waals surface area contributed by atoms with Gasteiger partial charge in [-0.2, -0.15) is 0 Å². The van der Waals surface area contributed by atoms with Crippen LogP contribution in [0.4, 0.5) is 0 Å². The maximum Gasteiger partial charge on any atom is 0.115 e. The second kappa shape index (κ2) is 11.7. The summed E-state index contributed by atoms with van der Waals surface area (Å²) in [5.74, 6) is 1.21. The molecule has 4 nitrogen and oxygen atoms in total. The number of benzene rings is 4. The molecule has 148 valence electrons. The highest BCUT2D eigenvalue weighted by atomic mass is 16.3. The Hall–Kier alpha value is -3.92. The lowest BCUT2D eigenvalue weighted by Crippen LogP contribution is -1.86. The van der Waals surface area contributed by atoms with Crippen LogP contribution in [0.15, 0.2) is 109 Å². The smallest absolute Gasteiger partial charge is 0.115 e. The first-order valence-electron chi connectivity index (χ1n) is 9.07. The van der Waals surface area contributed by atoms with Crippen LogP contribution in [0.2, 0.25) is 0 Å². The van der Waals surface area contributed by atoms with Crippen LogP contribution in [-0.4, -0.2) is 20.4 Å². The van der Waals surface area contributed by atoms with Gasteiger partial charge in [-0.15, -0.1) is 0 Å². The Kier molecular flexibility index (Phi) is 8.64. The van der Waals surface area contributed by atoms with Crippen molar-refractivity contribution < 1.29 is 20.4 Å². The SMILES string of the molecule is Oc1ccc(Cc2ccc(O)cc2)cc1.Oc1ccccc1.Oc1ccccc1. The van der Waals surface area contributed by atoms with Crippen LogP contribution in [-0.2, 0) is 6.42 Å². The second-order valence-corrected chi connectivity index (χ2v) is 6.18. The summed E-state index contributed by atoms with van der Waals surface area (Å²) in [7, 11) is 0. The van der Waals surface area contributed by atoms with Gasteiger partial charge in [-0.1, -0.05) is 60.7 Å². The first kappa shape index (κ1) is 21.4. The number of hydrogen-bond acceptors (Lipinski definition) is 4. The molecule has 0 unspecified atom stereocenters. The monoisotopic (exact) mass is 388 g/mol. The molecule has 0 aromatic heterocycles. The molecule has 29 heavy (non-hydrogen) atoms. The average molecular weight is 388 g/mol. The summed E-state index contributed by atoms with van der Waals surface area (Å²) in [6, 6.07) is 31.7. The molecule has 0 atom stereocenters. The van der Waals surface area contributed by atoms with E-state index in [1.807, 2.05) is 36.4 Å². The minimum Gasteiger partial charge on any atom is -0.508 e. The Morgan fingerprint density at radius 1 is 0.345 bits per heavy atom. The van der Waals surface area contributed by atoms with Gasteiger partial charge in [0.15, 0.2) is 0 Å². The molecule has 4 heteroatoms. The van der Waals surface area contributed by atoms with Crippen LogP contribution in [0.1, 0.15) is 11.1 Å². The van der Waals surface area contributed by atoms with Crippen LogP contribution < -0.4 is 0 Å². The van der Waals surface area contributed by atoms with E-state index in [2.05, 4.69) is 0 Å². The Labute approximate surface area is 170 Å². The van der Waals surface area contributed by atoms with Crippen molar-refractivity contribution in [1.29, 1.82) is 0 Å². The van der Waals surface area contributed by atoms with Crippen molar-refractivity contribution in [3.8, 4) is 23.0 Å². The van der Waals surface area contributed by atoms with Crippen LogP contribution in [0.3, 0.4) is 0 Å². The third kappa shape index (κ3) is 9.02. The standard InChI is InChI=1S/C13H12O2.2C6H6O/c14-12-5-1-10(2-6-12)9-11-3-7-13(15)8-4-11;2*7-6-4-2-1-3-5-6/h1-8,14-15H,9H2;2*1-5,7H. The fourth-order valence-corrected chi connectivity index (χ4v) is 2.32. The molecular formula is C25H24O4. The molecule has 4 aromatic rings. The molecule has 0 heterocycles. The molecule has 4 N–H and O–H groups in total. The number of hydrogen-bond donors (Lipinski definition) is 4. The number of aromatic hydroxyl groups is 4. The summed E-state index contributed by atoms with van der Waals surface area (Å²) in [5, 5.41) is 35.5. The van der Waals surface area contributed by atoms with Crippen molar-refractivity contribution in [3.63, 3.8) is 0 Å². The van der Waals surface area contributed by atoms with E-state index in [4.69, 9.17) is 20.4 Å². The molecule has 4 aromatic carbocycles. The Morgan fingerprint density at radius 3 is 0.862 bits per heavy atom. The zero-order chi connectivity index (χ0) is 20.9. The number of phenolic OH excluding ortho intramolecular Hbond substituents is 4. The van der Waals surface area contributed by atoms with Crippen LogP contribution in [0.25, 0.3) is 0 Å². The van der Waals surface area contributed by atoms with Gasteiger partial charge in [0.25, 0.3) is 0 Å². The fourth-order valence-electron chi connectivity index (χ4n) is 2.32. The minimum absolute atomic E-state index is 0.282. The van der Waals surface area contributed by atoms with Gasteiger partial charge in [0, 0.05) is 0 Å². The molecule has 0 saturated carbocycles. The van der Waals surface area contributed by atoms with Gasteiger partial charge in [-0.05, 0) is 66.1 Å². The molecule has 0 aliphatic rings. The lowest BCUT2D eigenvalue weighted by Gasteiger charge is -2.02. The molecule has 0 fully saturated rings. The highest BCUT2D eigenvalue weighted by molar-refractivity contribution is 5.33. The zero-order valence-electron chi connectivity index (χ0n) is 15.9. The third-order valence-corrected chi connectivity index (χ3v) is 3.79. The summed E-state index contributed by atoms with van der Waals surface area (Å²) in [5.41, 5.74) is 2.27. The molecule has 0 amide bonds. The van der Waals surface area contributed by atoms with Gasteiger partial charge in [-0.3, -0.25) is 0 Å². The molecule has 0 bridgehead atoms. The van der Waals surface area contributed by atoms with E-state index in [1.165, 1.54) is 0 Å². The van der Waals surface area contributed by atoms with Crippen molar-refractivity contribution in [2.24, 2.45) is 0 Å². The third-order valence-electron chi connectivity index (χ3n) is 3.79. The summed E-state index contributed by atoms with van der Waals surface area (Å²) in [6.45, 7) is 0. The van der Waals surface area contributed by atoms with Crippen molar-refractivity contribution in [1.82, 2.24) is 0 Å². The van der Waals surface area contributed by atoms with Gasteiger partial charge in [0.05, 0.1) is 0 Å². The fraction of sp³-hybridized carbons (Fsp3) is 0.0400. The average Bonchev–Trinajstić information content (AvgIpc) is 2.74. The molecule has 4 rings (SSSR count). The molecule has 0 aliphatic heterocycles. The van der Waals surface area contributed by atoms with Crippen molar-refractivity contribution >= 4 is 0 Å². The molecule has 0 aliphatic carbocycles. The molecular weight excluding hydrogens is 364 g/mol. The molecule has 0 spiro atoms. The van der Waals surface area contributed by atoms with Gasteiger partial charge >= 0.3 is 0 Å². The highest BCUT2D eigenvalue weighted by Gasteiger charge is 1.96. The second-order valence-electron chi connectivity index (χ2n) is 6.18. The number of para-hydroxylation sites is 2. The van der Waals surface area contributed by atoms with Crippen molar-refractivity contribution in [3.05, 3.63) is 120 Å². The van der Waals surface area contributed by atoms with E-state index in [1.54, 1.807) is 72.8 Å². The van der Waals surface area contributed by atoms with Crippen LogP contribution >= 0.6 is 0 Å². The summed E-state index contributed by atoms with van der Waals surface area (Å²) >= 11 is 0. The van der Waals surface area contributed by atoms with Gasteiger partial charge in [0.1, 0.15) is 23.0 Å². The van der Waals surface area contributed by atoms with Crippen molar-refractivity contribution in [2.75, 3.05) is 0 Å². The topological polar surface area (TPSA) is 80.9 Å². The van der Waals surface area contributed by atoms with E-state index in [0.717, 1.165) is 17.5 Å². The lowest BCUT2D eigenvalue weighted by atomic mass is 10.1. The lowest BCUT2D eigenvalue weighted by molar-refractivity contribution is 0.474. The van der Waals surface area contributed by atoms with E-state index in [0.29, 0.717) is 11.5 Å². The summed E-state index contributed by atoms with van der Waals surface area (Å²) < 4.78 is 0. The highest BCUT2D eigenvalue weighted by Crippen LogP contribution is 2.16. The Balaban J connectivity index is 0.000000178. The maximum absolute atomic E-state index is 9.13. The predicted molar refractivity (Wildman–Crippen MR) is 115 cm³/mol. The molecule has 0 radical (unpaired) electrons. The first-order valence-corrected chi connectivity index (χ1v) is 9.07. The Morgan fingerprint density at radius 2 is 0.621 bits per heavy atom. The van der Waals surface area contributed by atoms with Crippen molar-refractivity contribution in [2.45, 2.75) is 6.42 Å². The zero-order valence-corrected chi connectivity index (χ0v) is 15.9. The van der Waals surface area contributed by atoms with Crippen LogP contribution in [0, 0.1) is 0 Å². The van der Waals surface area contributed by atoms with E-state index >= 15 is 0 Å². The minimum atomic E-state index is 0.282. The van der Waals surface area contributed by atoms with E-state index < -0.39 is 0 Å². The van der Waals surface area contributed by atoms with Gasteiger partial charge in [-0.25, -0.2) is 0 Å². The first-order chi connectivity index (χ1) is 14.0. The molecule has 0 saturated heterocycles. The van der Waals surface area contributed by atoms with Gasteiger partial charge < -0.3 is 20.4 Å². The van der Waals surface area contributed by atoms with E-state index in [9.17, 15) is 0 Å². The number of rotatable bonds is 2. The number of phenols is 4. The summed E-state index contributed by atoms with van der Waals surface area (Å²) in [4.78, 5) is 0. The van der Waals surface area contributed by atoms with Crippen LogP contribution in [0.5, 0.6) is 23.0 Å². The summed E-state index contributed by atoms with van der Waals surface area (Å²) in [6.07, 6.45) is 0.806. The Bertz CT molecular complexity index is 854. The quantitative estimate of drug-likeness (QED) is 0.367.